The van der Waals surface area contributed by atoms with E-state index in [2.05, 4.69) is 15.7 Å². The van der Waals surface area contributed by atoms with Crippen molar-refractivity contribution in [3.63, 3.8) is 0 Å². The van der Waals surface area contributed by atoms with Crippen LogP contribution >= 0.6 is 11.6 Å². The van der Waals surface area contributed by atoms with E-state index in [9.17, 15) is 18.0 Å². The van der Waals surface area contributed by atoms with Crippen molar-refractivity contribution >= 4 is 23.3 Å². The molecule has 0 fully saturated rings. The van der Waals surface area contributed by atoms with Gasteiger partial charge in [-0.1, -0.05) is 48.0 Å². The highest BCUT2D eigenvalue weighted by atomic mass is 35.5. The Balaban J connectivity index is 1.65. The quantitative estimate of drug-likeness (QED) is 0.496. The molecule has 1 aliphatic rings. The number of hydrogen-bond acceptors (Lipinski definition) is 5. The molecule has 0 unspecified atom stereocenters. The minimum atomic E-state index is -4.61. The molecule has 1 amide bonds. The maximum atomic E-state index is 14.0. The first-order valence-electron chi connectivity index (χ1n) is 10.4. The molecule has 2 aromatic carbocycles. The third-order valence-corrected chi connectivity index (χ3v) is 5.97. The molecular formula is C23H22ClF3N4O3. The van der Waals surface area contributed by atoms with Crippen LogP contribution in [-0.2, 0) is 6.54 Å². The zero-order valence-corrected chi connectivity index (χ0v) is 19.1. The number of benzene rings is 2. The van der Waals surface area contributed by atoms with E-state index in [1.165, 1.54) is 14.2 Å². The Morgan fingerprint density at radius 3 is 2.53 bits per heavy atom. The van der Waals surface area contributed by atoms with Crippen molar-refractivity contribution in [3.05, 3.63) is 70.4 Å². The van der Waals surface area contributed by atoms with Crippen LogP contribution in [-0.4, -0.2) is 36.1 Å². The van der Waals surface area contributed by atoms with Gasteiger partial charge in [0.05, 0.1) is 20.3 Å². The van der Waals surface area contributed by atoms with E-state index in [0.717, 1.165) is 10.2 Å². The van der Waals surface area contributed by atoms with Crippen LogP contribution in [0.1, 0.15) is 40.1 Å². The second-order valence-corrected chi connectivity index (χ2v) is 8.11. The van der Waals surface area contributed by atoms with Crippen molar-refractivity contribution in [2.75, 3.05) is 19.5 Å². The fourth-order valence-corrected chi connectivity index (χ4v) is 4.15. The van der Waals surface area contributed by atoms with Crippen LogP contribution in [0.25, 0.3) is 0 Å². The van der Waals surface area contributed by atoms with Crippen molar-refractivity contribution in [2.45, 2.75) is 31.2 Å². The average molecular weight is 495 g/mol. The number of anilines is 1. The van der Waals surface area contributed by atoms with Gasteiger partial charge in [-0.3, -0.25) is 4.79 Å². The molecule has 0 aliphatic carbocycles. The van der Waals surface area contributed by atoms with Crippen LogP contribution < -0.4 is 20.1 Å². The fourth-order valence-electron chi connectivity index (χ4n) is 3.88. The SMILES string of the molecule is COc1ccc([C@H]2C[C@@H](C(F)(F)F)n3nc(C(=O)NCc4ccccc4)c(Cl)c3N2)cc1OC. The van der Waals surface area contributed by atoms with E-state index < -0.39 is 24.2 Å². The van der Waals surface area contributed by atoms with Gasteiger partial charge in [0.2, 0.25) is 0 Å². The number of methoxy groups -OCH3 is 2. The predicted molar refractivity (Wildman–Crippen MR) is 120 cm³/mol. The normalized spacial score (nSPS) is 17.5. The highest BCUT2D eigenvalue weighted by Crippen LogP contribution is 2.47. The van der Waals surface area contributed by atoms with Crippen LogP contribution in [0.5, 0.6) is 11.5 Å². The molecule has 11 heteroatoms. The van der Waals surface area contributed by atoms with Gasteiger partial charge in [0, 0.05) is 13.0 Å². The third-order valence-electron chi connectivity index (χ3n) is 5.62. The van der Waals surface area contributed by atoms with E-state index in [1.807, 2.05) is 30.3 Å². The van der Waals surface area contributed by atoms with Gasteiger partial charge in [-0.25, -0.2) is 4.68 Å². The second kappa shape index (κ2) is 9.46. The fraction of sp³-hybridized carbons (Fsp3) is 0.304. The zero-order valence-electron chi connectivity index (χ0n) is 18.3. The first-order chi connectivity index (χ1) is 16.2. The molecule has 2 N–H and O–H groups in total. The summed E-state index contributed by atoms with van der Waals surface area (Å²) < 4.78 is 53.3. The lowest BCUT2D eigenvalue weighted by Gasteiger charge is -2.33. The summed E-state index contributed by atoms with van der Waals surface area (Å²) in [4.78, 5) is 12.7. The summed E-state index contributed by atoms with van der Waals surface area (Å²) in [5, 5.41) is 9.43. The summed E-state index contributed by atoms with van der Waals surface area (Å²) in [6.07, 6.45) is -4.96. The molecule has 34 heavy (non-hydrogen) atoms. The Bertz CT molecular complexity index is 1180. The van der Waals surface area contributed by atoms with Crippen molar-refractivity contribution in [1.82, 2.24) is 15.1 Å². The minimum absolute atomic E-state index is 0.0695. The number of fused-ring (bicyclic) bond motifs is 1. The van der Waals surface area contributed by atoms with E-state index in [0.29, 0.717) is 17.1 Å². The number of ether oxygens (including phenoxy) is 2. The molecule has 2 atom stereocenters. The van der Waals surface area contributed by atoms with Crippen molar-refractivity contribution in [1.29, 1.82) is 0 Å². The Morgan fingerprint density at radius 2 is 1.88 bits per heavy atom. The maximum absolute atomic E-state index is 14.0. The largest absolute Gasteiger partial charge is 0.493 e. The molecule has 0 bridgehead atoms. The number of alkyl halides is 3. The summed E-state index contributed by atoms with van der Waals surface area (Å²) in [6, 6.07) is 11.2. The number of carbonyl (C=O) groups is 1. The summed E-state index contributed by atoms with van der Waals surface area (Å²) in [5.41, 5.74) is 1.10. The van der Waals surface area contributed by atoms with E-state index in [4.69, 9.17) is 21.1 Å². The van der Waals surface area contributed by atoms with E-state index in [-0.39, 0.29) is 29.5 Å². The first kappa shape index (κ1) is 23.7. The lowest BCUT2D eigenvalue weighted by Crippen LogP contribution is -2.36. The van der Waals surface area contributed by atoms with Crippen LogP contribution in [0.2, 0.25) is 5.02 Å². The van der Waals surface area contributed by atoms with Gasteiger partial charge in [0.25, 0.3) is 5.91 Å². The number of aromatic nitrogens is 2. The number of amides is 1. The third kappa shape index (κ3) is 4.63. The highest BCUT2D eigenvalue weighted by Gasteiger charge is 2.48. The lowest BCUT2D eigenvalue weighted by molar-refractivity contribution is -0.173. The molecule has 0 saturated carbocycles. The van der Waals surface area contributed by atoms with Gasteiger partial charge in [-0.05, 0) is 23.3 Å². The Labute approximate surface area is 198 Å². The standard InChI is InChI=1S/C23H22ClF3N4O3/c1-33-16-9-8-14(10-17(16)34-2)15-11-18(23(25,26)27)31-21(29-15)19(24)20(30-31)22(32)28-12-13-6-4-3-5-7-13/h3-10,15,18,29H,11-12H2,1-2H3,(H,28,32)/t15-,18+/m1/s1. The minimum Gasteiger partial charge on any atom is -0.493 e. The number of hydrogen-bond donors (Lipinski definition) is 2. The van der Waals surface area contributed by atoms with Crippen LogP contribution in [0, 0.1) is 0 Å². The molecule has 0 radical (unpaired) electrons. The van der Waals surface area contributed by atoms with Gasteiger partial charge in [-0.15, -0.1) is 0 Å². The summed E-state index contributed by atoms with van der Waals surface area (Å²) in [5.74, 6) is 0.104. The molecule has 180 valence electrons. The van der Waals surface area contributed by atoms with Crippen LogP contribution in [0.3, 0.4) is 0 Å². The number of nitrogens with one attached hydrogen (secondary N) is 2. The Hall–Kier alpha value is -3.40. The molecule has 0 spiro atoms. The van der Waals surface area contributed by atoms with E-state index in [1.54, 1.807) is 18.2 Å². The molecule has 7 nitrogen and oxygen atoms in total. The second-order valence-electron chi connectivity index (χ2n) is 7.73. The van der Waals surface area contributed by atoms with Crippen LogP contribution in [0.15, 0.2) is 48.5 Å². The van der Waals surface area contributed by atoms with Crippen LogP contribution in [0.4, 0.5) is 19.0 Å². The molecule has 4 rings (SSSR count). The Morgan fingerprint density at radius 1 is 1.18 bits per heavy atom. The number of carbonyl (C=O) groups excluding carboxylic acids is 1. The maximum Gasteiger partial charge on any atom is 0.410 e. The number of nitrogens with zero attached hydrogens (tertiary/aromatic N) is 2. The molecular weight excluding hydrogens is 473 g/mol. The van der Waals surface area contributed by atoms with Crippen molar-refractivity contribution in [3.8, 4) is 11.5 Å². The zero-order chi connectivity index (χ0) is 24.5. The smallest absolute Gasteiger partial charge is 0.410 e. The topological polar surface area (TPSA) is 77.4 Å². The molecule has 3 aromatic rings. The summed E-state index contributed by atoms with van der Waals surface area (Å²) >= 11 is 6.37. The monoisotopic (exact) mass is 494 g/mol. The van der Waals surface area contributed by atoms with Gasteiger partial charge < -0.3 is 20.1 Å². The number of halogens is 4. The molecule has 1 aromatic heterocycles. The van der Waals surface area contributed by atoms with Crippen molar-refractivity contribution < 1.29 is 27.4 Å². The molecule has 1 aliphatic heterocycles. The molecule has 0 saturated heterocycles. The summed E-state index contributed by atoms with van der Waals surface area (Å²) in [7, 11) is 2.92. The van der Waals surface area contributed by atoms with Gasteiger partial charge in [0.15, 0.2) is 23.2 Å². The first-order valence-corrected chi connectivity index (χ1v) is 10.8. The lowest BCUT2D eigenvalue weighted by atomic mass is 9.96. The number of rotatable bonds is 6. The average Bonchev–Trinajstić information content (AvgIpc) is 3.17. The molecule has 2 heterocycles. The van der Waals surface area contributed by atoms with Crippen molar-refractivity contribution in [2.24, 2.45) is 0 Å². The summed E-state index contributed by atoms with van der Waals surface area (Å²) in [6.45, 7) is 0.183. The van der Waals surface area contributed by atoms with Gasteiger partial charge >= 0.3 is 6.18 Å². The van der Waals surface area contributed by atoms with Gasteiger partial charge in [0.1, 0.15) is 10.8 Å². The predicted octanol–water partition coefficient (Wildman–Crippen LogP) is 5.14. The highest BCUT2D eigenvalue weighted by molar-refractivity contribution is 6.36. The Kier molecular flexibility index (Phi) is 6.60. The van der Waals surface area contributed by atoms with E-state index >= 15 is 0 Å². The van der Waals surface area contributed by atoms with Gasteiger partial charge in [-0.2, -0.15) is 18.3 Å².